The van der Waals surface area contributed by atoms with Gasteiger partial charge in [0.2, 0.25) is 0 Å². The second-order valence-electron chi connectivity index (χ2n) is 2.08. The van der Waals surface area contributed by atoms with Crippen LogP contribution in [-0.2, 0) is 6.54 Å². The molecule has 0 aliphatic rings. The summed E-state index contributed by atoms with van der Waals surface area (Å²) in [5.41, 5.74) is 7.51. The van der Waals surface area contributed by atoms with Crippen LogP contribution in [0.5, 0.6) is 0 Å². The van der Waals surface area contributed by atoms with Crippen LogP contribution in [0.25, 0.3) is 0 Å². The first-order valence-electron chi connectivity index (χ1n) is 3.40. The van der Waals surface area contributed by atoms with Gasteiger partial charge in [-0.25, -0.2) is 4.98 Å². The maximum atomic E-state index is 11.0. The van der Waals surface area contributed by atoms with Gasteiger partial charge in [-0.1, -0.05) is 6.92 Å². The Bertz CT molecular complexity index is 257. The molecule has 59 valence electrons. The van der Waals surface area contributed by atoms with E-state index in [-0.39, 0.29) is 12.3 Å². The summed E-state index contributed by atoms with van der Waals surface area (Å²) in [5, 5.41) is 2.43. The van der Waals surface area contributed by atoms with Gasteiger partial charge in [0.15, 0.2) is 5.78 Å². The maximum absolute atomic E-state index is 11.0. The van der Waals surface area contributed by atoms with Crippen molar-refractivity contribution in [3.8, 4) is 0 Å². The number of nitrogens with zero attached hydrogens (tertiary/aromatic N) is 1. The normalized spacial score (nSPS) is 10.0. The largest absolute Gasteiger partial charge is 0.292 e. The third kappa shape index (κ3) is 1.85. The van der Waals surface area contributed by atoms with E-state index in [0.717, 1.165) is 0 Å². The van der Waals surface area contributed by atoms with E-state index in [1.165, 1.54) is 11.3 Å². The highest BCUT2D eigenvalue weighted by molar-refractivity contribution is 7.09. The summed E-state index contributed by atoms with van der Waals surface area (Å²) in [7, 11) is 0. The molecule has 0 aliphatic heterocycles. The van der Waals surface area contributed by atoms with Gasteiger partial charge in [0.05, 0.1) is 6.54 Å². The molecular formula is C7H9N2OS. The summed E-state index contributed by atoms with van der Waals surface area (Å²) < 4.78 is 0. The van der Waals surface area contributed by atoms with E-state index in [1.807, 2.05) is 6.92 Å². The molecule has 0 aromatic carbocycles. The summed E-state index contributed by atoms with van der Waals surface area (Å²) in [5.74, 6) is 0.0564. The molecule has 0 atom stereocenters. The first-order chi connectivity index (χ1) is 5.27. The fourth-order valence-corrected chi connectivity index (χ4v) is 1.37. The van der Waals surface area contributed by atoms with Gasteiger partial charge < -0.3 is 0 Å². The molecule has 0 amide bonds. The minimum Gasteiger partial charge on any atom is -0.292 e. The van der Waals surface area contributed by atoms with Crippen molar-refractivity contribution in [2.24, 2.45) is 0 Å². The topological polar surface area (TPSA) is 53.8 Å². The highest BCUT2D eigenvalue weighted by atomic mass is 32.1. The number of hydrogen-bond acceptors (Lipinski definition) is 3. The molecule has 0 fully saturated rings. The summed E-state index contributed by atoms with van der Waals surface area (Å²) in [6, 6.07) is 0. The molecule has 1 rings (SSSR count). The van der Waals surface area contributed by atoms with Crippen molar-refractivity contribution in [2.75, 3.05) is 0 Å². The molecule has 0 saturated carbocycles. The van der Waals surface area contributed by atoms with Gasteiger partial charge in [-0.2, -0.15) is 0 Å². The number of aromatic nitrogens is 1. The molecule has 1 aromatic rings. The van der Waals surface area contributed by atoms with Crippen LogP contribution in [0.15, 0.2) is 5.38 Å². The third-order valence-electron chi connectivity index (χ3n) is 1.31. The third-order valence-corrected chi connectivity index (χ3v) is 2.16. The predicted molar refractivity (Wildman–Crippen MR) is 43.5 cm³/mol. The SMILES string of the molecule is CCC(=O)c1csc(C[NH])n1. The van der Waals surface area contributed by atoms with Gasteiger partial charge in [0, 0.05) is 11.8 Å². The molecule has 0 unspecified atom stereocenters. The van der Waals surface area contributed by atoms with Crippen LogP contribution >= 0.6 is 11.3 Å². The zero-order chi connectivity index (χ0) is 8.27. The molecule has 3 nitrogen and oxygen atoms in total. The van der Waals surface area contributed by atoms with Gasteiger partial charge >= 0.3 is 0 Å². The molecule has 1 aromatic heterocycles. The lowest BCUT2D eigenvalue weighted by molar-refractivity contribution is 0.0984. The molecule has 0 bridgehead atoms. The smallest absolute Gasteiger partial charge is 0.181 e. The molecule has 0 saturated heterocycles. The average Bonchev–Trinajstić information content (AvgIpc) is 2.50. The van der Waals surface area contributed by atoms with E-state index in [1.54, 1.807) is 5.38 Å². The molecule has 1 N–H and O–H groups in total. The second kappa shape index (κ2) is 3.59. The minimum atomic E-state index is 0.0564. The van der Waals surface area contributed by atoms with Crippen LogP contribution in [0, 0.1) is 0 Å². The summed E-state index contributed by atoms with van der Waals surface area (Å²) in [6.45, 7) is 1.98. The minimum absolute atomic E-state index is 0.0564. The zero-order valence-electron chi connectivity index (χ0n) is 6.26. The van der Waals surface area contributed by atoms with Gasteiger partial charge in [-0.05, 0) is 0 Å². The van der Waals surface area contributed by atoms with Crippen molar-refractivity contribution in [3.63, 3.8) is 0 Å². The zero-order valence-corrected chi connectivity index (χ0v) is 7.07. The van der Waals surface area contributed by atoms with Crippen LogP contribution in [0.4, 0.5) is 0 Å². The molecule has 4 heteroatoms. The van der Waals surface area contributed by atoms with Crippen molar-refractivity contribution in [1.82, 2.24) is 10.7 Å². The Balaban J connectivity index is 2.80. The molecular weight excluding hydrogens is 160 g/mol. The fourth-order valence-electron chi connectivity index (χ4n) is 0.701. The Morgan fingerprint density at radius 1 is 1.82 bits per heavy atom. The number of rotatable bonds is 3. The van der Waals surface area contributed by atoms with Crippen LogP contribution in [0.1, 0.15) is 28.8 Å². The lowest BCUT2D eigenvalue weighted by Crippen LogP contribution is -1.97. The standard InChI is InChI=1S/C7H9N2OS/c1-2-6(10)5-4-11-7(3-8)9-5/h4,8H,2-3H2,1H3. The number of thiazole rings is 1. The Morgan fingerprint density at radius 3 is 3.00 bits per heavy atom. The molecule has 11 heavy (non-hydrogen) atoms. The van der Waals surface area contributed by atoms with Gasteiger partial charge in [0.1, 0.15) is 10.7 Å². The van der Waals surface area contributed by atoms with E-state index in [2.05, 4.69) is 4.98 Å². The number of nitrogens with one attached hydrogen (secondary N) is 1. The van der Waals surface area contributed by atoms with Crippen molar-refractivity contribution in [2.45, 2.75) is 19.9 Å². The van der Waals surface area contributed by atoms with E-state index in [9.17, 15) is 4.79 Å². The number of Topliss-reactive ketones (excluding diaryl/α,β-unsaturated/α-hetero) is 1. The van der Waals surface area contributed by atoms with Gasteiger partial charge in [-0.3, -0.25) is 10.5 Å². The van der Waals surface area contributed by atoms with Crippen LogP contribution in [0.3, 0.4) is 0 Å². The number of carbonyl (C=O) groups is 1. The Kier molecular flexibility index (Phi) is 2.73. The predicted octanol–water partition coefficient (Wildman–Crippen LogP) is 1.52. The Labute approximate surface area is 69.3 Å². The van der Waals surface area contributed by atoms with E-state index in [0.29, 0.717) is 17.1 Å². The molecule has 0 aliphatic carbocycles. The van der Waals surface area contributed by atoms with E-state index >= 15 is 0 Å². The average molecular weight is 169 g/mol. The maximum Gasteiger partial charge on any atom is 0.181 e. The molecule has 1 heterocycles. The fraction of sp³-hybridized carbons (Fsp3) is 0.429. The van der Waals surface area contributed by atoms with Crippen LogP contribution < -0.4 is 5.73 Å². The number of carbonyl (C=O) groups excluding carboxylic acids is 1. The van der Waals surface area contributed by atoms with Gasteiger partial charge in [0.25, 0.3) is 0 Å². The van der Waals surface area contributed by atoms with Crippen molar-refractivity contribution >= 4 is 17.1 Å². The van der Waals surface area contributed by atoms with E-state index in [4.69, 9.17) is 5.73 Å². The number of hydrogen-bond donors (Lipinski definition) is 0. The first kappa shape index (κ1) is 8.36. The van der Waals surface area contributed by atoms with Gasteiger partial charge in [-0.15, -0.1) is 11.3 Å². The lowest BCUT2D eigenvalue weighted by atomic mass is 10.2. The van der Waals surface area contributed by atoms with Crippen LogP contribution in [-0.4, -0.2) is 10.8 Å². The van der Waals surface area contributed by atoms with Crippen molar-refractivity contribution in [3.05, 3.63) is 16.1 Å². The van der Waals surface area contributed by atoms with Crippen molar-refractivity contribution in [1.29, 1.82) is 0 Å². The van der Waals surface area contributed by atoms with Crippen LogP contribution in [0.2, 0.25) is 0 Å². The lowest BCUT2D eigenvalue weighted by Gasteiger charge is -1.87. The first-order valence-corrected chi connectivity index (χ1v) is 4.28. The Morgan fingerprint density at radius 2 is 2.55 bits per heavy atom. The molecule has 1 radical (unpaired) electrons. The quantitative estimate of drug-likeness (QED) is 0.644. The summed E-state index contributed by atoms with van der Waals surface area (Å²) in [4.78, 5) is 15.0. The molecule has 0 spiro atoms. The Hall–Kier alpha value is -0.740. The van der Waals surface area contributed by atoms with Crippen molar-refractivity contribution < 1.29 is 4.79 Å². The van der Waals surface area contributed by atoms with E-state index < -0.39 is 0 Å². The highest BCUT2D eigenvalue weighted by Crippen LogP contribution is 2.10. The summed E-state index contributed by atoms with van der Waals surface area (Å²) >= 11 is 1.37. The number of ketones is 1. The highest BCUT2D eigenvalue weighted by Gasteiger charge is 2.06. The summed E-state index contributed by atoms with van der Waals surface area (Å²) in [6.07, 6.45) is 0.487. The second-order valence-corrected chi connectivity index (χ2v) is 3.02. The monoisotopic (exact) mass is 169 g/mol.